The van der Waals surface area contributed by atoms with Gasteiger partial charge in [0, 0.05) is 5.56 Å². The molecule has 206 valence electrons. The highest BCUT2D eigenvalue weighted by Crippen LogP contribution is 2.49. The highest BCUT2D eigenvalue weighted by molar-refractivity contribution is 7.89. The Kier molecular flexibility index (Phi) is 7.05. The molecule has 0 amide bonds. The normalized spacial score (nSPS) is 19.3. The standard InChI is InChI=1S/C33H28N2O5S/c1-22-12-18-27(19-13-22)41(38,39)35-31(25-10-6-3-7-11-25)30(24-8-4-2-5-9-24)34-32(35)29-21-20-28(40-29)23-14-16-26(17-15-23)33(36)37/h2-21,30-32,34H,1H3,(H,36,37)/t30-,31-,32?/m1/s1. The smallest absolute Gasteiger partial charge is 0.335 e. The van der Waals surface area contributed by atoms with Crippen molar-refractivity contribution in [3.8, 4) is 11.3 Å². The first-order valence-corrected chi connectivity index (χ1v) is 14.7. The van der Waals surface area contributed by atoms with E-state index in [1.807, 2.05) is 67.6 Å². The number of carboxylic acid groups (broad SMARTS) is 1. The van der Waals surface area contributed by atoms with Crippen LogP contribution in [0.1, 0.15) is 51.1 Å². The summed E-state index contributed by atoms with van der Waals surface area (Å²) in [6.45, 7) is 1.92. The molecule has 0 bridgehead atoms. The Hall–Kier alpha value is -4.50. The van der Waals surface area contributed by atoms with Crippen molar-refractivity contribution in [1.82, 2.24) is 9.62 Å². The number of sulfonamides is 1. The SMILES string of the molecule is Cc1ccc(S(=O)(=O)N2C(c3ccc(-c4ccc(C(=O)O)cc4)o3)N[C@H](c3ccccc3)[C@H]2c2ccccc2)cc1. The number of furan rings is 1. The highest BCUT2D eigenvalue weighted by atomic mass is 32.2. The fourth-order valence-electron chi connectivity index (χ4n) is 5.33. The lowest BCUT2D eigenvalue weighted by Gasteiger charge is -2.29. The third kappa shape index (κ3) is 5.09. The molecule has 8 heteroatoms. The van der Waals surface area contributed by atoms with E-state index >= 15 is 0 Å². The van der Waals surface area contributed by atoms with Crippen molar-refractivity contribution in [2.24, 2.45) is 0 Å². The molecule has 7 nitrogen and oxygen atoms in total. The molecule has 0 radical (unpaired) electrons. The average Bonchev–Trinajstić information content (AvgIpc) is 3.65. The third-order valence-corrected chi connectivity index (χ3v) is 9.25. The molecule has 3 atom stereocenters. The van der Waals surface area contributed by atoms with E-state index in [-0.39, 0.29) is 16.5 Å². The van der Waals surface area contributed by atoms with Crippen molar-refractivity contribution < 1.29 is 22.7 Å². The van der Waals surface area contributed by atoms with Crippen LogP contribution in [-0.2, 0) is 10.0 Å². The summed E-state index contributed by atoms with van der Waals surface area (Å²) in [7, 11) is -4.02. The Balaban J connectivity index is 1.49. The zero-order valence-corrected chi connectivity index (χ0v) is 23.0. The van der Waals surface area contributed by atoms with Crippen LogP contribution in [0, 0.1) is 6.92 Å². The molecule has 6 rings (SSSR count). The largest absolute Gasteiger partial charge is 0.478 e. The molecular weight excluding hydrogens is 536 g/mol. The highest BCUT2D eigenvalue weighted by Gasteiger charge is 2.50. The van der Waals surface area contributed by atoms with Crippen molar-refractivity contribution in [3.63, 3.8) is 0 Å². The number of carboxylic acids is 1. The Morgan fingerprint density at radius 1 is 0.780 bits per heavy atom. The predicted molar refractivity (Wildman–Crippen MR) is 156 cm³/mol. The third-order valence-electron chi connectivity index (χ3n) is 7.39. The van der Waals surface area contributed by atoms with Crippen LogP contribution in [0.3, 0.4) is 0 Å². The molecule has 1 aliphatic heterocycles. The van der Waals surface area contributed by atoms with Crippen molar-refractivity contribution in [2.45, 2.75) is 30.1 Å². The summed E-state index contributed by atoms with van der Waals surface area (Å²) in [5.74, 6) is -0.0779. The molecule has 1 fully saturated rings. The topological polar surface area (TPSA) is 99.9 Å². The lowest BCUT2D eigenvalue weighted by Crippen LogP contribution is -2.35. The lowest BCUT2D eigenvalue weighted by atomic mass is 9.95. The van der Waals surface area contributed by atoms with Gasteiger partial charge in [-0.2, -0.15) is 4.31 Å². The molecule has 0 saturated carbocycles. The Labute approximate surface area is 238 Å². The summed E-state index contributed by atoms with van der Waals surface area (Å²) in [5.41, 5.74) is 3.62. The number of hydrogen-bond acceptors (Lipinski definition) is 5. The fraction of sp³-hybridized carbons (Fsp3) is 0.121. The van der Waals surface area contributed by atoms with Crippen LogP contribution in [0.2, 0.25) is 0 Å². The Bertz CT molecular complexity index is 1770. The number of aromatic carboxylic acids is 1. The molecule has 1 saturated heterocycles. The number of hydrogen-bond donors (Lipinski definition) is 2. The summed E-state index contributed by atoms with van der Waals surface area (Å²) < 4.78 is 36.7. The fourth-order valence-corrected chi connectivity index (χ4v) is 7.04. The van der Waals surface area contributed by atoms with Crippen LogP contribution in [0.15, 0.2) is 131 Å². The van der Waals surface area contributed by atoms with Gasteiger partial charge in [-0.1, -0.05) is 90.5 Å². The summed E-state index contributed by atoms with van der Waals surface area (Å²) >= 11 is 0. The quantitative estimate of drug-likeness (QED) is 0.227. The summed E-state index contributed by atoms with van der Waals surface area (Å²) in [4.78, 5) is 11.5. The van der Waals surface area contributed by atoms with Crippen LogP contribution in [-0.4, -0.2) is 23.8 Å². The molecule has 2 heterocycles. The second-order valence-corrected chi connectivity index (χ2v) is 11.9. The molecule has 1 aliphatic rings. The van der Waals surface area contributed by atoms with E-state index in [2.05, 4.69) is 5.32 Å². The van der Waals surface area contributed by atoms with Crippen LogP contribution < -0.4 is 5.32 Å². The first kappa shape index (κ1) is 26.7. The van der Waals surface area contributed by atoms with Crippen LogP contribution in [0.5, 0.6) is 0 Å². The first-order valence-electron chi connectivity index (χ1n) is 13.2. The van der Waals surface area contributed by atoms with Crippen molar-refractivity contribution in [2.75, 3.05) is 0 Å². The molecule has 0 spiro atoms. The zero-order chi connectivity index (χ0) is 28.6. The van der Waals surface area contributed by atoms with E-state index in [4.69, 9.17) is 4.42 Å². The van der Waals surface area contributed by atoms with Crippen molar-refractivity contribution in [1.29, 1.82) is 0 Å². The molecule has 0 aliphatic carbocycles. The number of rotatable bonds is 7. The second kappa shape index (κ2) is 10.8. The molecule has 4 aromatic carbocycles. The monoisotopic (exact) mass is 564 g/mol. The Morgan fingerprint density at radius 2 is 1.39 bits per heavy atom. The number of benzene rings is 4. The Morgan fingerprint density at radius 3 is 2.00 bits per heavy atom. The summed E-state index contributed by atoms with van der Waals surface area (Å²) in [6, 6.07) is 35.3. The molecular formula is C33H28N2O5S. The average molecular weight is 565 g/mol. The van der Waals surface area contributed by atoms with Gasteiger partial charge in [0.15, 0.2) is 0 Å². The van der Waals surface area contributed by atoms with Gasteiger partial charge in [-0.05, 0) is 54.4 Å². The molecule has 2 N–H and O–H groups in total. The maximum atomic E-state index is 14.5. The van der Waals surface area contributed by atoms with Crippen molar-refractivity contribution >= 4 is 16.0 Å². The van der Waals surface area contributed by atoms with Gasteiger partial charge < -0.3 is 9.52 Å². The molecule has 1 unspecified atom stereocenters. The maximum Gasteiger partial charge on any atom is 0.335 e. The van der Waals surface area contributed by atoms with Gasteiger partial charge in [-0.15, -0.1) is 0 Å². The predicted octanol–water partition coefficient (Wildman–Crippen LogP) is 6.73. The number of nitrogens with zero attached hydrogens (tertiary/aromatic N) is 1. The van der Waals surface area contributed by atoms with E-state index in [1.165, 1.54) is 16.4 Å². The van der Waals surface area contributed by atoms with E-state index < -0.39 is 28.2 Å². The van der Waals surface area contributed by atoms with Gasteiger partial charge in [0.05, 0.1) is 22.5 Å². The minimum Gasteiger partial charge on any atom is -0.478 e. The number of nitrogens with one attached hydrogen (secondary N) is 1. The zero-order valence-electron chi connectivity index (χ0n) is 22.2. The molecule has 5 aromatic rings. The van der Waals surface area contributed by atoms with E-state index in [1.54, 1.807) is 48.5 Å². The van der Waals surface area contributed by atoms with Gasteiger partial charge in [-0.25, -0.2) is 13.2 Å². The van der Waals surface area contributed by atoms with E-state index in [9.17, 15) is 18.3 Å². The number of carbonyl (C=O) groups is 1. The minimum absolute atomic E-state index is 0.171. The molecule has 41 heavy (non-hydrogen) atoms. The first-order chi connectivity index (χ1) is 19.8. The van der Waals surface area contributed by atoms with E-state index in [0.29, 0.717) is 17.1 Å². The van der Waals surface area contributed by atoms with Crippen LogP contribution in [0.4, 0.5) is 0 Å². The summed E-state index contributed by atoms with van der Waals surface area (Å²) in [5, 5.41) is 12.8. The van der Waals surface area contributed by atoms with E-state index in [0.717, 1.165) is 16.7 Å². The molecule has 1 aromatic heterocycles. The van der Waals surface area contributed by atoms with Crippen LogP contribution in [0.25, 0.3) is 11.3 Å². The van der Waals surface area contributed by atoms with Crippen LogP contribution >= 0.6 is 0 Å². The van der Waals surface area contributed by atoms with Gasteiger partial charge >= 0.3 is 5.97 Å². The van der Waals surface area contributed by atoms with Gasteiger partial charge in [-0.3, -0.25) is 5.32 Å². The minimum atomic E-state index is -4.02. The lowest BCUT2D eigenvalue weighted by molar-refractivity contribution is 0.0697. The number of aryl methyl sites for hydroxylation is 1. The van der Waals surface area contributed by atoms with Crippen molar-refractivity contribution in [3.05, 3.63) is 149 Å². The maximum absolute atomic E-state index is 14.5. The van der Waals surface area contributed by atoms with Gasteiger partial charge in [0.1, 0.15) is 17.7 Å². The second-order valence-electron chi connectivity index (χ2n) is 10.0. The summed E-state index contributed by atoms with van der Waals surface area (Å²) in [6.07, 6.45) is -0.816. The van der Waals surface area contributed by atoms with Gasteiger partial charge in [0.2, 0.25) is 10.0 Å². The van der Waals surface area contributed by atoms with Gasteiger partial charge in [0.25, 0.3) is 0 Å².